The molecule has 4 rings (SSSR count). The number of benzene rings is 2. The number of imidazole rings is 1. The van der Waals surface area contributed by atoms with E-state index in [4.69, 9.17) is 10.7 Å². The molecular weight excluding hydrogens is 390 g/mol. The zero-order valence-electron chi connectivity index (χ0n) is 17.9. The molecule has 0 atom stereocenters. The van der Waals surface area contributed by atoms with Crippen LogP contribution in [0.3, 0.4) is 0 Å². The average Bonchev–Trinajstić information content (AvgIpc) is 3.19. The lowest BCUT2D eigenvalue weighted by Crippen LogP contribution is -2.24. The molecule has 2 aromatic heterocycles. The van der Waals surface area contributed by atoms with Crippen molar-refractivity contribution in [1.82, 2.24) is 19.7 Å². The summed E-state index contributed by atoms with van der Waals surface area (Å²) in [6.45, 7) is 5.21. The third kappa shape index (κ3) is 4.23. The summed E-state index contributed by atoms with van der Waals surface area (Å²) < 4.78 is 2.10. The van der Waals surface area contributed by atoms with Gasteiger partial charge in [0.1, 0.15) is 0 Å². The molecule has 0 spiro atoms. The number of carbonyl (C=O) groups excluding carboxylic acids is 1. The number of fused-ring (bicyclic) bond motifs is 3. The highest BCUT2D eigenvalue weighted by molar-refractivity contribution is 5.90. The van der Waals surface area contributed by atoms with Crippen molar-refractivity contribution < 1.29 is 4.79 Å². The lowest BCUT2D eigenvalue weighted by molar-refractivity contribution is 0.254. The van der Waals surface area contributed by atoms with E-state index in [9.17, 15) is 4.79 Å². The van der Waals surface area contributed by atoms with Gasteiger partial charge in [-0.2, -0.15) is 0 Å². The van der Waals surface area contributed by atoms with Crippen molar-refractivity contribution in [3.63, 3.8) is 0 Å². The smallest absolute Gasteiger partial charge is 0.318 e. The second-order valence-corrected chi connectivity index (χ2v) is 7.90. The number of carbonyl (C=O) groups is 1. The summed E-state index contributed by atoms with van der Waals surface area (Å²) in [6, 6.07) is 13.1. The van der Waals surface area contributed by atoms with Gasteiger partial charge in [-0.05, 0) is 42.7 Å². The molecule has 5 N–H and O–H groups in total. The Bertz CT molecular complexity index is 1230. The lowest BCUT2D eigenvalue weighted by atomic mass is 10.1. The number of nitrogen functional groups attached to an aromatic ring is 1. The molecular formula is C23H27N7O. The molecule has 8 heteroatoms. The molecule has 0 radical (unpaired) electrons. The zero-order chi connectivity index (χ0) is 22.0. The molecule has 0 aliphatic heterocycles. The van der Waals surface area contributed by atoms with Crippen LogP contribution in [0.1, 0.15) is 20.3 Å². The van der Waals surface area contributed by atoms with Crippen LogP contribution >= 0.6 is 0 Å². The number of urea groups is 1. The molecule has 160 valence electrons. The molecule has 0 bridgehead atoms. The van der Waals surface area contributed by atoms with Gasteiger partial charge >= 0.3 is 6.03 Å². The minimum Gasteiger partial charge on any atom is -0.399 e. The maximum atomic E-state index is 11.5. The van der Waals surface area contributed by atoms with E-state index in [1.165, 1.54) is 0 Å². The summed E-state index contributed by atoms with van der Waals surface area (Å²) in [4.78, 5) is 21.0. The number of aromatic nitrogens is 3. The Kier molecular flexibility index (Phi) is 5.62. The second kappa shape index (κ2) is 8.51. The van der Waals surface area contributed by atoms with E-state index in [1.807, 2.05) is 48.7 Å². The van der Waals surface area contributed by atoms with Gasteiger partial charge in [0, 0.05) is 30.5 Å². The van der Waals surface area contributed by atoms with Crippen LogP contribution in [-0.2, 0) is 0 Å². The number of hydrogen-bond acceptors (Lipinski definition) is 5. The average molecular weight is 418 g/mol. The number of rotatable bonds is 6. The maximum absolute atomic E-state index is 11.5. The van der Waals surface area contributed by atoms with Crippen LogP contribution in [0.25, 0.3) is 27.9 Å². The first-order valence-electron chi connectivity index (χ1n) is 10.4. The normalized spacial score (nSPS) is 11.2. The highest BCUT2D eigenvalue weighted by Gasteiger charge is 2.15. The van der Waals surface area contributed by atoms with Gasteiger partial charge in [-0.1, -0.05) is 26.0 Å². The van der Waals surface area contributed by atoms with Gasteiger partial charge in [0.15, 0.2) is 11.5 Å². The summed E-state index contributed by atoms with van der Waals surface area (Å²) in [5.41, 5.74) is 11.8. The van der Waals surface area contributed by atoms with Crippen LogP contribution in [0.15, 0.2) is 48.7 Å². The van der Waals surface area contributed by atoms with E-state index in [0.29, 0.717) is 17.3 Å². The number of nitrogens with one attached hydrogen (secondary N) is 3. The fraction of sp³-hybridized carbons (Fsp3) is 0.261. The minimum absolute atomic E-state index is 0.255. The van der Waals surface area contributed by atoms with Gasteiger partial charge in [0.25, 0.3) is 0 Å². The Balaban J connectivity index is 1.80. The largest absolute Gasteiger partial charge is 0.399 e. The van der Waals surface area contributed by atoms with Crippen molar-refractivity contribution >= 4 is 39.9 Å². The van der Waals surface area contributed by atoms with Crippen molar-refractivity contribution in [3.8, 4) is 11.3 Å². The molecule has 2 heterocycles. The standard InChI is InChI=1S/C23H27N7O/c1-14(2)10-11-26-21-22-27-13-20(15-4-7-17(8-5-15)28-23(31)25-3)30(22)19-9-6-16(24)12-18(19)29-21/h4-9,12-14H,10-11,24H2,1-3H3,(H,26,29)(H2,25,28,31). The number of amides is 2. The predicted molar refractivity (Wildman–Crippen MR) is 126 cm³/mol. The van der Waals surface area contributed by atoms with Crippen molar-refractivity contribution in [1.29, 1.82) is 0 Å². The molecule has 2 aromatic carbocycles. The number of anilines is 3. The van der Waals surface area contributed by atoms with Crippen molar-refractivity contribution in [2.24, 2.45) is 5.92 Å². The minimum atomic E-state index is -0.255. The van der Waals surface area contributed by atoms with Crippen molar-refractivity contribution in [2.75, 3.05) is 30.0 Å². The summed E-state index contributed by atoms with van der Waals surface area (Å²) in [6.07, 6.45) is 2.89. The van der Waals surface area contributed by atoms with Crippen molar-refractivity contribution in [3.05, 3.63) is 48.7 Å². The maximum Gasteiger partial charge on any atom is 0.318 e. The first kappa shape index (κ1) is 20.5. The van der Waals surface area contributed by atoms with Crippen LogP contribution in [0.5, 0.6) is 0 Å². The Morgan fingerprint density at radius 2 is 1.94 bits per heavy atom. The third-order valence-corrected chi connectivity index (χ3v) is 5.13. The number of hydrogen-bond donors (Lipinski definition) is 4. The topological polar surface area (TPSA) is 109 Å². The molecule has 31 heavy (non-hydrogen) atoms. The van der Waals surface area contributed by atoms with Crippen molar-refractivity contribution in [2.45, 2.75) is 20.3 Å². The van der Waals surface area contributed by atoms with Gasteiger partial charge in [0.05, 0.1) is 22.9 Å². The summed E-state index contributed by atoms with van der Waals surface area (Å²) in [5, 5.41) is 8.76. The molecule has 0 saturated carbocycles. The van der Waals surface area contributed by atoms with Crippen LogP contribution < -0.4 is 21.7 Å². The van der Waals surface area contributed by atoms with E-state index in [1.54, 1.807) is 7.05 Å². The second-order valence-electron chi connectivity index (χ2n) is 7.90. The first-order chi connectivity index (χ1) is 15.0. The quantitative estimate of drug-likeness (QED) is 0.349. The lowest BCUT2D eigenvalue weighted by Gasteiger charge is -2.13. The fourth-order valence-electron chi connectivity index (χ4n) is 3.47. The van der Waals surface area contributed by atoms with Gasteiger partial charge < -0.3 is 21.7 Å². The molecule has 0 fully saturated rings. The molecule has 2 amide bonds. The number of nitrogens with zero attached hydrogens (tertiary/aromatic N) is 3. The first-order valence-corrected chi connectivity index (χ1v) is 10.4. The Morgan fingerprint density at radius 1 is 1.16 bits per heavy atom. The van der Waals surface area contributed by atoms with Crippen LogP contribution in [0, 0.1) is 5.92 Å². The van der Waals surface area contributed by atoms with Crippen LogP contribution in [0.2, 0.25) is 0 Å². The SMILES string of the molecule is CNC(=O)Nc1ccc(-c2cnc3c(NCCC(C)C)nc4cc(N)ccc4n23)cc1. The van der Waals surface area contributed by atoms with E-state index in [-0.39, 0.29) is 6.03 Å². The van der Waals surface area contributed by atoms with E-state index in [2.05, 4.69) is 39.2 Å². The zero-order valence-corrected chi connectivity index (χ0v) is 17.9. The van der Waals surface area contributed by atoms with E-state index < -0.39 is 0 Å². The Morgan fingerprint density at radius 3 is 2.65 bits per heavy atom. The van der Waals surface area contributed by atoms with Crippen LogP contribution in [-0.4, -0.2) is 34.0 Å². The number of nitrogens with two attached hydrogens (primary N) is 1. The summed E-state index contributed by atoms with van der Waals surface area (Å²) in [7, 11) is 1.58. The highest BCUT2D eigenvalue weighted by Crippen LogP contribution is 2.30. The molecule has 4 aromatic rings. The van der Waals surface area contributed by atoms with Crippen LogP contribution in [0.4, 0.5) is 22.0 Å². The summed E-state index contributed by atoms with van der Waals surface area (Å²) in [5.74, 6) is 1.33. The predicted octanol–water partition coefficient (Wildman–Crippen LogP) is 4.34. The van der Waals surface area contributed by atoms with Gasteiger partial charge in [0.2, 0.25) is 0 Å². The molecule has 8 nitrogen and oxygen atoms in total. The molecule has 0 aliphatic carbocycles. The molecule has 0 saturated heterocycles. The van der Waals surface area contributed by atoms with Gasteiger partial charge in [-0.25, -0.2) is 14.8 Å². The third-order valence-electron chi connectivity index (χ3n) is 5.13. The Labute approximate surface area is 180 Å². The van der Waals surface area contributed by atoms with E-state index >= 15 is 0 Å². The van der Waals surface area contributed by atoms with Gasteiger partial charge in [-0.15, -0.1) is 0 Å². The van der Waals surface area contributed by atoms with E-state index in [0.717, 1.165) is 46.7 Å². The molecule has 0 unspecified atom stereocenters. The summed E-state index contributed by atoms with van der Waals surface area (Å²) >= 11 is 0. The van der Waals surface area contributed by atoms with Gasteiger partial charge in [-0.3, -0.25) is 4.40 Å². The monoisotopic (exact) mass is 417 g/mol. The fourth-order valence-corrected chi connectivity index (χ4v) is 3.47. The highest BCUT2D eigenvalue weighted by atomic mass is 16.2. The molecule has 0 aliphatic rings. The Hall–Kier alpha value is -3.81.